The normalized spacial score (nSPS) is 21.1. The molecule has 1 aliphatic rings. The molecule has 2 atom stereocenters. The van der Waals surface area contributed by atoms with Crippen molar-refractivity contribution in [3.8, 4) is 0 Å². The van der Waals surface area contributed by atoms with Gasteiger partial charge >= 0.3 is 0 Å². The van der Waals surface area contributed by atoms with Crippen LogP contribution in [-0.2, 0) is 16.1 Å². The van der Waals surface area contributed by atoms with Gasteiger partial charge in [0.05, 0.1) is 31.1 Å². The molecule has 7 nitrogen and oxygen atoms in total. The minimum absolute atomic E-state index is 0.123. The van der Waals surface area contributed by atoms with Gasteiger partial charge in [0.2, 0.25) is 0 Å². The third-order valence-corrected chi connectivity index (χ3v) is 3.74. The summed E-state index contributed by atoms with van der Waals surface area (Å²) in [5.74, 6) is 0.211. The molecule has 122 valence electrons. The summed E-state index contributed by atoms with van der Waals surface area (Å²) in [4.78, 5) is 20.4. The Morgan fingerprint density at radius 3 is 3.09 bits per heavy atom. The van der Waals surface area contributed by atoms with E-state index >= 15 is 0 Å². The van der Waals surface area contributed by atoms with Crippen LogP contribution in [0.5, 0.6) is 0 Å². The Hall–Kier alpha value is -2.25. The number of amides is 1. The number of nitrogens with zero attached hydrogens (tertiary/aromatic N) is 2. The maximum absolute atomic E-state index is 12.3. The van der Waals surface area contributed by atoms with Crippen LogP contribution in [0.1, 0.15) is 28.4 Å². The molecule has 0 unspecified atom stereocenters. The lowest BCUT2D eigenvalue weighted by Gasteiger charge is -2.31. The molecular formula is C16H19N3O4. The van der Waals surface area contributed by atoms with Crippen LogP contribution < -0.4 is 5.32 Å². The Morgan fingerprint density at radius 2 is 2.35 bits per heavy atom. The second-order valence-corrected chi connectivity index (χ2v) is 5.37. The highest BCUT2D eigenvalue weighted by Gasteiger charge is 2.29. The van der Waals surface area contributed by atoms with E-state index in [1.165, 1.54) is 6.39 Å². The zero-order chi connectivity index (χ0) is 16.1. The first kappa shape index (κ1) is 15.6. The van der Waals surface area contributed by atoms with E-state index in [1.54, 1.807) is 13.1 Å². The third kappa shape index (κ3) is 3.94. The van der Waals surface area contributed by atoms with Gasteiger partial charge in [0, 0.05) is 12.8 Å². The number of carbonyl (C=O) groups is 1. The van der Waals surface area contributed by atoms with Crippen LogP contribution in [0.25, 0.3) is 0 Å². The van der Waals surface area contributed by atoms with Crippen molar-refractivity contribution >= 4 is 5.91 Å². The molecule has 0 bridgehead atoms. The van der Waals surface area contributed by atoms with Gasteiger partial charge < -0.3 is 19.2 Å². The molecule has 0 radical (unpaired) electrons. The molecule has 7 heteroatoms. The lowest BCUT2D eigenvalue weighted by Crippen LogP contribution is -2.50. The van der Waals surface area contributed by atoms with Gasteiger partial charge in [-0.1, -0.05) is 6.07 Å². The van der Waals surface area contributed by atoms with Crippen molar-refractivity contribution in [1.29, 1.82) is 0 Å². The van der Waals surface area contributed by atoms with Crippen LogP contribution in [0.4, 0.5) is 0 Å². The Balaban J connectivity index is 1.60. The van der Waals surface area contributed by atoms with Crippen molar-refractivity contribution < 1.29 is 18.7 Å². The number of ether oxygens (including phenoxy) is 2. The van der Waals surface area contributed by atoms with Crippen LogP contribution in [0.2, 0.25) is 0 Å². The van der Waals surface area contributed by atoms with Gasteiger partial charge in [-0.15, -0.1) is 0 Å². The molecule has 0 saturated carbocycles. The van der Waals surface area contributed by atoms with Gasteiger partial charge in [-0.3, -0.25) is 9.78 Å². The van der Waals surface area contributed by atoms with Crippen LogP contribution in [0.15, 0.2) is 35.2 Å². The number of aryl methyl sites for hydroxylation is 1. The maximum Gasteiger partial charge on any atom is 0.273 e. The van der Waals surface area contributed by atoms with Gasteiger partial charge in [0.25, 0.3) is 5.91 Å². The first-order chi connectivity index (χ1) is 11.2. The summed E-state index contributed by atoms with van der Waals surface area (Å²) in [6.45, 7) is 3.13. The fourth-order valence-electron chi connectivity index (χ4n) is 2.49. The maximum atomic E-state index is 12.3. The van der Waals surface area contributed by atoms with Crippen LogP contribution in [-0.4, -0.2) is 41.2 Å². The number of hydrogen-bond donors (Lipinski definition) is 1. The van der Waals surface area contributed by atoms with Crippen molar-refractivity contribution in [2.75, 3.05) is 13.2 Å². The minimum Gasteiger partial charge on any atom is -0.448 e. The predicted octanol–water partition coefficient (Wildman–Crippen LogP) is 1.48. The van der Waals surface area contributed by atoms with Gasteiger partial charge in [0.1, 0.15) is 5.76 Å². The molecule has 3 rings (SSSR count). The second-order valence-electron chi connectivity index (χ2n) is 5.37. The smallest absolute Gasteiger partial charge is 0.273 e. The van der Waals surface area contributed by atoms with Crippen molar-refractivity contribution in [3.63, 3.8) is 0 Å². The van der Waals surface area contributed by atoms with Crippen LogP contribution >= 0.6 is 0 Å². The molecule has 0 aliphatic carbocycles. The number of pyridine rings is 1. The molecule has 2 aromatic rings. The highest BCUT2D eigenvalue weighted by atomic mass is 16.5. The van der Waals surface area contributed by atoms with E-state index in [1.807, 2.05) is 18.2 Å². The summed E-state index contributed by atoms with van der Waals surface area (Å²) in [5, 5.41) is 2.92. The van der Waals surface area contributed by atoms with Gasteiger partial charge in [-0.25, -0.2) is 4.98 Å². The lowest BCUT2D eigenvalue weighted by atomic mass is 10.1. The number of oxazole rings is 1. The van der Waals surface area contributed by atoms with E-state index in [0.717, 1.165) is 12.1 Å². The molecular weight excluding hydrogens is 298 g/mol. The first-order valence-corrected chi connectivity index (χ1v) is 7.54. The standard InChI is InChI=1S/C16H19N3O4/c1-11-15(18-10-23-11)16(20)19-13-9-21-7-5-14(13)22-8-12-4-2-3-6-17-12/h2-4,6,10,13-14H,5,7-9H2,1H3,(H,19,20)/t13-,14-/m1/s1. The Labute approximate surface area is 134 Å². The number of carbonyl (C=O) groups excluding carboxylic acids is 1. The summed E-state index contributed by atoms with van der Waals surface area (Å²) in [7, 11) is 0. The number of aromatic nitrogens is 2. The molecule has 2 aromatic heterocycles. The Morgan fingerprint density at radius 1 is 1.43 bits per heavy atom. The predicted molar refractivity (Wildman–Crippen MR) is 80.7 cm³/mol. The zero-order valence-electron chi connectivity index (χ0n) is 12.9. The average Bonchev–Trinajstić information content (AvgIpc) is 3.01. The van der Waals surface area contributed by atoms with E-state index in [9.17, 15) is 4.79 Å². The van der Waals surface area contributed by atoms with E-state index in [-0.39, 0.29) is 18.1 Å². The van der Waals surface area contributed by atoms with Gasteiger partial charge in [-0.2, -0.15) is 0 Å². The lowest BCUT2D eigenvalue weighted by molar-refractivity contribution is -0.0613. The van der Waals surface area contributed by atoms with Crippen molar-refractivity contribution in [2.45, 2.75) is 32.1 Å². The molecule has 23 heavy (non-hydrogen) atoms. The van der Waals surface area contributed by atoms with Crippen molar-refractivity contribution in [3.05, 3.63) is 47.9 Å². The fourth-order valence-corrected chi connectivity index (χ4v) is 2.49. The Kier molecular flexibility index (Phi) is 4.99. The molecule has 1 saturated heterocycles. The summed E-state index contributed by atoms with van der Waals surface area (Å²) in [6.07, 6.45) is 3.59. The van der Waals surface area contributed by atoms with E-state index in [4.69, 9.17) is 13.9 Å². The molecule has 0 aromatic carbocycles. The summed E-state index contributed by atoms with van der Waals surface area (Å²) >= 11 is 0. The minimum atomic E-state index is -0.279. The number of nitrogens with one attached hydrogen (secondary N) is 1. The van der Waals surface area contributed by atoms with E-state index in [2.05, 4.69) is 15.3 Å². The topological polar surface area (TPSA) is 86.5 Å². The van der Waals surface area contributed by atoms with E-state index < -0.39 is 0 Å². The van der Waals surface area contributed by atoms with Crippen LogP contribution in [0, 0.1) is 6.92 Å². The summed E-state index contributed by atoms with van der Waals surface area (Å²) in [6, 6.07) is 5.46. The third-order valence-electron chi connectivity index (χ3n) is 3.74. The van der Waals surface area contributed by atoms with Crippen LogP contribution in [0.3, 0.4) is 0 Å². The van der Waals surface area contributed by atoms with Gasteiger partial charge in [0.15, 0.2) is 12.1 Å². The number of rotatable bonds is 5. The average molecular weight is 317 g/mol. The first-order valence-electron chi connectivity index (χ1n) is 7.54. The molecule has 3 heterocycles. The highest BCUT2D eigenvalue weighted by Crippen LogP contribution is 2.15. The van der Waals surface area contributed by atoms with Crippen molar-refractivity contribution in [1.82, 2.24) is 15.3 Å². The summed E-state index contributed by atoms with van der Waals surface area (Å²) < 4.78 is 16.5. The fraction of sp³-hybridized carbons (Fsp3) is 0.438. The Bertz CT molecular complexity index is 644. The second kappa shape index (κ2) is 7.34. The van der Waals surface area contributed by atoms with E-state index in [0.29, 0.717) is 31.3 Å². The zero-order valence-corrected chi connectivity index (χ0v) is 12.9. The van der Waals surface area contributed by atoms with Gasteiger partial charge in [-0.05, 0) is 25.5 Å². The summed E-state index contributed by atoms with van der Waals surface area (Å²) in [5.41, 5.74) is 1.15. The monoisotopic (exact) mass is 317 g/mol. The largest absolute Gasteiger partial charge is 0.448 e. The highest BCUT2D eigenvalue weighted by molar-refractivity contribution is 5.93. The molecule has 1 fully saturated rings. The molecule has 0 spiro atoms. The molecule has 1 amide bonds. The van der Waals surface area contributed by atoms with Crippen molar-refractivity contribution in [2.24, 2.45) is 0 Å². The quantitative estimate of drug-likeness (QED) is 0.899. The SMILES string of the molecule is Cc1ocnc1C(=O)N[C@@H]1COCC[C@H]1OCc1ccccn1. The molecule has 1 aliphatic heterocycles. The number of hydrogen-bond acceptors (Lipinski definition) is 6. The molecule has 1 N–H and O–H groups in total.